The molecule has 0 fully saturated rings. The maximum atomic E-state index is 13.0. The SMILES string of the molecule is O=c1ccn(/C=C(\c2ccccc2)[S@](=O)Cc2ccccc2)c(=S)[nH]1. The minimum Gasteiger partial charge on any atom is -0.300 e. The predicted octanol–water partition coefficient (Wildman–Crippen LogP) is 3.81. The molecule has 1 aromatic heterocycles. The molecule has 0 bridgehead atoms. The molecule has 6 heteroatoms. The van der Waals surface area contributed by atoms with Gasteiger partial charge in [-0.3, -0.25) is 18.6 Å². The standard InChI is InChI=1S/C19H16N2O2S2/c22-18-11-12-21(19(24)20-18)13-17(16-9-5-2-6-10-16)25(23)14-15-7-3-1-4-8-15/h1-13H,14H2,(H,20,22,24)/b17-13+/t25-/m1/s1. The average molecular weight is 368 g/mol. The number of benzene rings is 2. The zero-order chi connectivity index (χ0) is 17.6. The Hall–Kier alpha value is -2.57. The molecule has 0 radical (unpaired) electrons. The van der Waals surface area contributed by atoms with E-state index in [4.69, 9.17) is 12.2 Å². The molecule has 1 N–H and O–H groups in total. The molecular formula is C19H16N2O2S2. The number of nitrogens with zero attached hydrogens (tertiary/aromatic N) is 1. The van der Waals surface area contributed by atoms with Crippen LogP contribution in [0, 0.1) is 4.77 Å². The van der Waals surface area contributed by atoms with Gasteiger partial charge in [0.2, 0.25) is 0 Å². The van der Waals surface area contributed by atoms with Gasteiger partial charge < -0.3 is 0 Å². The van der Waals surface area contributed by atoms with E-state index < -0.39 is 10.8 Å². The number of aromatic amines is 1. The summed E-state index contributed by atoms with van der Waals surface area (Å²) in [6.07, 6.45) is 3.29. The molecule has 0 saturated heterocycles. The van der Waals surface area contributed by atoms with Crippen LogP contribution >= 0.6 is 12.2 Å². The Kier molecular flexibility index (Phi) is 5.53. The third kappa shape index (κ3) is 4.49. The van der Waals surface area contributed by atoms with Crippen molar-refractivity contribution in [3.8, 4) is 0 Å². The Morgan fingerprint density at radius 2 is 1.68 bits per heavy atom. The minimum atomic E-state index is -1.27. The van der Waals surface area contributed by atoms with Crippen LogP contribution in [0.5, 0.6) is 0 Å². The summed E-state index contributed by atoms with van der Waals surface area (Å²) < 4.78 is 14.9. The summed E-state index contributed by atoms with van der Waals surface area (Å²) in [4.78, 5) is 14.6. The summed E-state index contributed by atoms with van der Waals surface area (Å²) in [5.41, 5.74) is 1.58. The van der Waals surface area contributed by atoms with E-state index in [1.54, 1.807) is 17.0 Å². The molecule has 1 atom stereocenters. The van der Waals surface area contributed by atoms with Crippen molar-refractivity contribution in [3.63, 3.8) is 0 Å². The molecule has 0 amide bonds. The van der Waals surface area contributed by atoms with E-state index >= 15 is 0 Å². The van der Waals surface area contributed by atoms with Crippen LogP contribution in [0.15, 0.2) is 77.7 Å². The van der Waals surface area contributed by atoms with Gasteiger partial charge in [0.1, 0.15) is 0 Å². The Labute approximate surface area is 152 Å². The number of rotatable bonds is 5. The average Bonchev–Trinajstić information content (AvgIpc) is 2.62. The monoisotopic (exact) mass is 368 g/mol. The van der Waals surface area contributed by atoms with Gasteiger partial charge in [0, 0.05) is 18.5 Å². The zero-order valence-corrected chi connectivity index (χ0v) is 14.9. The highest BCUT2D eigenvalue weighted by molar-refractivity contribution is 7.94. The molecule has 126 valence electrons. The molecule has 0 aliphatic heterocycles. The maximum Gasteiger partial charge on any atom is 0.251 e. The fourth-order valence-corrected chi connectivity index (χ4v) is 3.82. The van der Waals surface area contributed by atoms with Crippen LogP contribution in [-0.2, 0) is 16.6 Å². The lowest BCUT2D eigenvalue weighted by Gasteiger charge is -2.10. The van der Waals surface area contributed by atoms with Crippen LogP contribution in [0.4, 0.5) is 0 Å². The Morgan fingerprint density at radius 3 is 2.32 bits per heavy atom. The van der Waals surface area contributed by atoms with Crippen molar-refractivity contribution >= 4 is 34.1 Å². The van der Waals surface area contributed by atoms with Gasteiger partial charge >= 0.3 is 0 Å². The Morgan fingerprint density at radius 1 is 1.04 bits per heavy atom. The molecule has 2 aromatic carbocycles. The lowest BCUT2D eigenvalue weighted by atomic mass is 10.2. The number of nitrogens with one attached hydrogen (secondary N) is 1. The number of hydrogen-bond donors (Lipinski definition) is 1. The molecule has 3 rings (SSSR count). The lowest BCUT2D eigenvalue weighted by molar-refractivity contribution is 0.688. The summed E-state index contributed by atoms with van der Waals surface area (Å²) in [7, 11) is -1.27. The largest absolute Gasteiger partial charge is 0.300 e. The first kappa shape index (κ1) is 17.3. The quantitative estimate of drug-likeness (QED) is 0.697. The number of H-pyrrole nitrogens is 1. The zero-order valence-electron chi connectivity index (χ0n) is 13.3. The summed E-state index contributed by atoms with van der Waals surface area (Å²) in [6.45, 7) is 0. The van der Waals surface area contributed by atoms with Gasteiger partial charge in [-0.05, 0) is 23.3 Å². The van der Waals surface area contributed by atoms with Crippen molar-refractivity contribution in [1.82, 2.24) is 9.55 Å². The highest BCUT2D eigenvalue weighted by Gasteiger charge is 2.11. The molecule has 0 aliphatic rings. The fraction of sp³-hybridized carbons (Fsp3) is 0.0526. The van der Waals surface area contributed by atoms with Gasteiger partial charge in [-0.25, -0.2) is 0 Å². The van der Waals surface area contributed by atoms with E-state index in [2.05, 4.69) is 4.98 Å². The molecule has 3 aromatic rings. The summed E-state index contributed by atoms with van der Waals surface area (Å²) in [5.74, 6) is 0.401. The van der Waals surface area contributed by atoms with Crippen molar-refractivity contribution < 1.29 is 4.21 Å². The maximum absolute atomic E-state index is 13.0. The van der Waals surface area contributed by atoms with Crippen molar-refractivity contribution in [3.05, 3.63) is 99.2 Å². The third-order valence-electron chi connectivity index (χ3n) is 3.55. The van der Waals surface area contributed by atoms with Gasteiger partial charge in [-0.15, -0.1) is 0 Å². The van der Waals surface area contributed by atoms with E-state index in [0.717, 1.165) is 11.1 Å². The summed E-state index contributed by atoms with van der Waals surface area (Å²) >= 11 is 5.19. The molecule has 0 spiro atoms. The smallest absolute Gasteiger partial charge is 0.251 e. The summed E-state index contributed by atoms with van der Waals surface area (Å²) in [6, 6.07) is 20.6. The molecule has 4 nitrogen and oxygen atoms in total. The van der Waals surface area contributed by atoms with E-state index in [1.807, 2.05) is 60.7 Å². The van der Waals surface area contributed by atoms with Crippen LogP contribution in [0.1, 0.15) is 11.1 Å². The second kappa shape index (κ2) is 8.00. The number of hydrogen-bond acceptors (Lipinski definition) is 3. The van der Waals surface area contributed by atoms with Gasteiger partial charge in [0.05, 0.1) is 21.5 Å². The fourth-order valence-electron chi connectivity index (χ4n) is 2.33. The molecule has 0 unspecified atom stereocenters. The predicted molar refractivity (Wildman–Crippen MR) is 105 cm³/mol. The van der Waals surface area contributed by atoms with E-state index in [0.29, 0.717) is 10.7 Å². The van der Waals surface area contributed by atoms with E-state index in [1.165, 1.54) is 6.07 Å². The first-order valence-corrected chi connectivity index (χ1v) is 9.37. The second-order valence-corrected chi connectivity index (χ2v) is 7.16. The summed E-state index contributed by atoms with van der Waals surface area (Å²) in [5, 5.41) is 0. The topological polar surface area (TPSA) is 54.9 Å². The van der Waals surface area contributed by atoms with Gasteiger partial charge in [0.25, 0.3) is 5.56 Å². The van der Waals surface area contributed by atoms with Gasteiger partial charge in [-0.1, -0.05) is 60.7 Å². The minimum absolute atomic E-state index is 0.262. The lowest BCUT2D eigenvalue weighted by Crippen LogP contribution is -2.09. The van der Waals surface area contributed by atoms with Crippen molar-refractivity contribution in [1.29, 1.82) is 0 Å². The van der Waals surface area contributed by atoms with Crippen LogP contribution in [-0.4, -0.2) is 13.8 Å². The van der Waals surface area contributed by atoms with Crippen LogP contribution < -0.4 is 5.56 Å². The second-order valence-electron chi connectivity index (χ2n) is 5.35. The highest BCUT2D eigenvalue weighted by atomic mass is 32.2. The number of aromatic nitrogens is 2. The first-order valence-electron chi connectivity index (χ1n) is 7.64. The van der Waals surface area contributed by atoms with Crippen LogP contribution in [0.25, 0.3) is 11.1 Å². The van der Waals surface area contributed by atoms with Crippen molar-refractivity contribution in [2.75, 3.05) is 0 Å². The Bertz CT molecular complexity index is 1020. The van der Waals surface area contributed by atoms with E-state index in [-0.39, 0.29) is 10.3 Å². The first-order chi connectivity index (χ1) is 12.1. The molecule has 25 heavy (non-hydrogen) atoms. The van der Waals surface area contributed by atoms with Crippen LogP contribution in [0.3, 0.4) is 0 Å². The Balaban J connectivity index is 2.04. The molecule has 0 aliphatic carbocycles. The highest BCUT2D eigenvalue weighted by Crippen LogP contribution is 2.22. The van der Waals surface area contributed by atoms with Crippen molar-refractivity contribution in [2.24, 2.45) is 0 Å². The normalized spacial score (nSPS) is 12.7. The molecule has 0 saturated carbocycles. The molecule has 1 heterocycles. The van der Waals surface area contributed by atoms with Gasteiger partial charge in [0.15, 0.2) is 4.77 Å². The van der Waals surface area contributed by atoms with Crippen molar-refractivity contribution in [2.45, 2.75) is 5.75 Å². The van der Waals surface area contributed by atoms with Crippen LogP contribution in [0.2, 0.25) is 0 Å². The van der Waals surface area contributed by atoms with E-state index in [9.17, 15) is 9.00 Å². The molecular weight excluding hydrogens is 352 g/mol. The van der Waals surface area contributed by atoms with Gasteiger partial charge in [-0.2, -0.15) is 0 Å². The third-order valence-corrected chi connectivity index (χ3v) is 5.29.